The van der Waals surface area contributed by atoms with Gasteiger partial charge in [-0.05, 0) is 42.7 Å². The monoisotopic (exact) mass is 485 g/mol. The molecular formula is C27H27N5O4. The Kier molecular flexibility index (Phi) is 5.88. The Morgan fingerprint density at radius 2 is 1.89 bits per heavy atom. The molecule has 1 unspecified atom stereocenters. The van der Waals surface area contributed by atoms with Crippen LogP contribution < -0.4 is 15.0 Å². The Morgan fingerprint density at radius 3 is 2.75 bits per heavy atom. The molecular weight excluding hydrogens is 458 g/mol. The number of aromatic nitrogens is 4. The summed E-state index contributed by atoms with van der Waals surface area (Å²) in [6.07, 6.45) is 4.83. The fourth-order valence-corrected chi connectivity index (χ4v) is 5.01. The minimum atomic E-state index is -0.254. The molecule has 0 radical (unpaired) electrons. The first-order valence-corrected chi connectivity index (χ1v) is 12.4. The van der Waals surface area contributed by atoms with Gasteiger partial charge in [0.1, 0.15) is 11.2 Å². The summed E-state index contributed by atoms with van der Waals surface area (Å²) in [6, 6.07) is 15.5. The van der Waals surface area contributed by atoms with Crippen LogP contribution in [0.4, 0.5) is 0 Å². The number of hydrogen-bond acceptors (Lipinski definition) is 6. The highest BCUT2D eigenvalue weighted by molar-refractivity contribution is 5.78. The van der Waals surface area contributed by atoms with Gasteiger partial charge in [0.05, 0.1) is 31.1 Å². The fraction of sp³-hybridized carbons (Fsp3) is 0.333. The van der Waals surface area contributed by atoms with E-state index in [-0.39, 0.29) is 23.9 Å². The van der Waals surface area contributed by atoms with E-state index in [1.165, 1.54) is 6.20 Å². The second kappa shape index (κ2) is 9.49. The standard InChI is InChI=1S/C27H27N5O4/c33-25(31-13-4-8-21(31)18-9-10-22-23(16-18)36-15-5-14-35-22)12-11-24-29-26-20(27(34)30-24)17-28-32(26)19-6-2-1-3-7-19/h1-3,6-7,9-10,16-17,21H,4-5,8,11-15H2,(H,29,30,34). The predicted octanol–water partition coefficient (Wildman–Crippen LogP) is 3.57. The molecule has 1 saturated heterocycles. The van der Waals surface area contributed by atoms with Crippen molar-refractivity contribution >= 4 is 16.9 Å². The Hall–Kier alpha value is -4.14. The number of ether oxygens (including phenoxy) is 2. The molecule has 2 aliphatic rings. The molecule has 2 aliphatic heterocycles. The second-order valence-electron chi connectivity index (χ2n) is 9.14. The lowest BCUT2D eigenvalue weighted by atomic mass is 10.0. The third-order valence-electron chi connectivity index (χ3n) is 6.79. The largest absolute Gasteiger partial charge is 0.490 e. The smallest absolute Gasteiger partial charge is 0.262 e. The third-order valence-corrected chi connectivity index (χ3v) is 6.79. The maximum atomic E-state index is 13.3. The predicted molar refractivity (Wildman–Crippen MR) is 134 cm³/mol. The van der Waals surface area contributed by atoms with Crippen LogP contribution in [0.15, 0.2) is 59.5 Å². The van der Waals surface area contributed by atoms with E-state index in [0.29, 0.717) is 43.0 Å². The number of benzene rings is 2. The van der Waals surface area contributed by atoms with Crippen molar-refractivity contribution in [1.29, 1.82) is 0 Å². The Labute approximate surface area is 207 Å². The van der Waals surface area contributed by atoms with E-state index < -0.39 is 0 Å². The minimum Gasteiger partial charge on any atom is -0.490 e. The number of nitrogens with zero attached hydrogens (tertiary/aromatic N) is 4. The second-order valence-corrected chi connectivity index (χ2v) is 9.14. The van der Waals surface area contributed by atoms with Gasteiger partial charge in [-0.3, -0.25) is 9.59 Å². The van der Waals surface area contributed by atoms with Crippen molar-refractivity contribution < 1.29 is 14.3 Å². The van der Waals surface area contributed by atoms with E-state index in [2.05, 4.69) is 15.1 Å². The summed E-state index contributed by atoms with van der Waals surface area (Å²) in [5.74, 6) is 2.02. The van der Waals surface area contributed by atoms with Crippen molar-refractivity contribution in [2.75, 3.05) is 19.8 Å². The molecule has 1 N–H and O–H groups in total. The van der Waals surface area contributed by atoms with Crippen LogP contribution in [-0.4, -0.2) is 50.3 Å². The summed E-state index contributed by atoms with van der Waals surface area (Å²) < 4.78 is 13.3. The molecule has 2 aromatic heterocycles. The minimum absolute atomic E-state index is 0.00338. The van der Waals surface area contributed by atoms with Gasteiger partial charge in [0.2, 0.25) is 5.91 Å². The topological polar surface area (TPSA) is 102 Å². The van der Waals surface area contributed by atoms with Crippen LogP contribution in [0.1, 0.15) is 43.1 Å². The molecule has 184 valence electrons. The van der Waals surface area contributed by atoms with Gasteiger partial charge in [-0.25, -0.2) is 9.67 Å². The SMILES string of the molecule is O=C(CCc1nc2c(cnn2-c2ccccc2)c(=O)[nH]1)N1CCCC1c1ccc2c(c1)OCCCO2. The lowest BCUT2D eigenvalue weighted by Gasteiger charge is -2.25. The zero-order chi connectivity index (χ0) is 24.5. The van der Waals surface area contributed by atoms with Gasteiger partial charge >= 0.3 is 0 Å². The zero-order valence-electron chi connectivity index (χ0n) is 19.9. The van der Waals surface area contributed by atoms with Crippen LogP contribution in [0, 0.1) is 0 Å². The summed E-state index contributed by atoms with van der Waals surface area (Å²) in [5, 5.41) is 4.76. The van der Waals surface area contributed by atoms with Gasteiger partial charge in [0, 0.05) is 25.8 Å². The van der Waals surface area contributed by atoms with Gasteiger partial charge in [-0.1, -0.05) is 24.3 Å². The Bertz CT molecular complexity index is 1460. The van der Waals surface area contributed by atoms with Crippen molar-refractivity contribution in [3.05, 3.63) is 76.5 Å². The number of H-pyrrole nitrogens is 1. The van der Waals surface area contributed by atoms with Crippen LogP contribution in [0.25, 0.3) is 16.7 Å². The molecule has 9 nitrogen and oxygen atoms in total. The third kappa shape index (κ3) is 4.21. The first-order valence-electron chi connectivity index (χ1n) is 12.4. The van der Waals surface area contributed by atoms with Crippen LogP contribution in [0.5, 0.6) is 11.5 Å². The fourth-order valence-electron chi connectivity index (χ4n) is 5.01. The van der Waals surface area contributed by atoms with Crippen molar-refractivity contribution in [2.45, 2.75) is 38.1 Å². The van der Waals surface area contributed by atoms with Crippen LogP contribution in [-0.2, 0) is 11.2 Å². The molecule has 9 heteroatoms. The molecule has 36 heavy (non-hydrogen) atoms. The molecule has 6 rings (SSSR count). The molecule has 0 bridgehead atoms. The number of hydrogen-bond donors (Lipinski definition) is 1. The highest BCUT2D eigenvalue weighted by Gasteiger charge is 2.30. The number of rotatable bonds is 5. The molecule has 4 aromatic rings. The summed E-state index contributed by atoms with van der Waals surface area (Å²) in [5.41, 5.74) is 2.11. The zero-order valence-corrected chi connectivity index (χ0v) is 19.9. The maximum Gasteiger partial charge on any atom is 0.262 e. The molecule has 2 aromatic carbocycles. The van der Waals surface area contributed by atoms with Crippen LogP contribution >= 0.6 is 0 Å². The van der Waals surface area contributed by atoms with Gasteiger partial charge in [0.25, 0.3) is 5.56 Å². The number of carbonyl (C=O) groups is 1. The van der Waals surface area contributed by atoms with Gasteiger partial charge in [-0.2, -0.15) is 5.10 Å². The van der Waals surface area contributed by atoms with Gasteiger partial charge in [-0.15, -0.1) is 0 Å². The number of likely N-dealkylation sites (tertiary alicyclic amines) is 1. The van der Waals surface area contributed by atoms with E-state index >= 15 is 0 Å². The number of carbonyl (C=O) groups excluding carboxylic acids is 1. The number of fused-ring (bicyclic) bond motifs is 2. The van der Waals surface area contributed by atoms with Crippen molar-refractivity contribution in [3.8, 4) is 17.2 Å². The lowest BCUT2D eigenvalue weighted by molar-refractivity contribution is -0.132. The average molecular weight is 486 g/mol. The molecule has 0 spiro atoms. The van der Waals surface area contributed by atoms with Crippen LogP contribution in [0.3, 0.4) is 0 Å². The van der Waals surface area contributed by atoms with Crippen molar-refractivity contribution in [3.63, 3.8) is 0 Å². The molecule has 0 saturated carbocycles. The van der Waals surface area contributed by atoms with Crippen molar-refractivity contribution in [1.82, 2.24) is 24.6 Å². The van der Waals surface area contributed by atoms with E-state index in [1.54, 1.807) is 4.68 Å². The average Bonchev–Trinajstić information content (AvgIpc) is 3.50. The molecule has 1 fully saturated rings. The number of aryl methyl sites for hydroxylation is 1. The van der Waals surface area contributed by atoms with Gasteiger partial charge < -0.3 is 19.4 Å². The molecule has 1 amide bonds. The summed E-state index contributed by atoms with van der Waals surface area (Å²) in [7, 11) is 0. The first kappa shape index (κ1) is 22.3. The van der Waals surface area contributed by atoms with E-state index in [0.717, 1.165) is 42.0 Å². The summed E-state index contributed by atoms with van der Waals surface area (Å²) in [6.45, 7) is 1.98. The Morgan fingerprint density at radius 1 is 1.06 bits per heavy atom. The first-order chi connectivity index (χ1) is 17.7. The summed E-state index contributed by atoms with van der Waals surface area (Å²) >= 11 is 0. The van der Waals surface area contributed by atoms with Crippen LogP contribution in [0.2, 0.25) is 0 Å². The quantitative estimate of drug-likeness (QED) is 0.464. The molecule has 1 atom stereocenters. The highest BCUT2D eigenvalue weighted by atomic mass is 16.5. The number of aromatic amines is 1. The van der Waals surface area contributed by atoms with E-state index in [9.17, 15) is 9.59 Å². The number of para-hydroxylation sites is 1. The Balaban J connectivity index is 1.20. The van der Waals surface area contributed by atoms with E-state index in [4.69, 9.17) is 9.47 Å². The van der Waals surface area contributed by atoms with Crippen molar-refractivity contribution in [2.24, 2.45) is 0 Å². The lowest BCUT2D eigenvalue weighted by Crippen LogP contribution is -2.31. The summed E-state index contributed by atoms with van der Waals surface area (Å²) in [4.78, 5) is 35.3. The molecule has 0 aliphatic carbocycles. The highest BCUT2D eigenvalue weighted by Crippen LogP contribution is 2.38. The van der Waals surface area contributed by atoms with Gasteiger partial charge in [0.15, 0.2) is 17.1 Å². The number of amides is 1. The maximum absolute atomic E-state index is 13.3. The normalized spacial score (nSPS) is 17.3. The number of nitrogens with one attached hydrogen (secondary N) is 1. The molecule has 4 heterocycles. The van der Waals surface area contributed by atoms with E-state index in [1.807, 2.05) is 53.4 Å².